The van der Waals surface area contributed by atoms with Gasteiger partial charge >= 0.3 is 0 Å². The Labute approximate surface area is 182 Å². The van der Waals surface area contributed by atoms with Crippen molar-refractivity contribution in [2.45, 2.75) is 38.4 Å². The predicted molar refractivity (Wildman–Crippen MR) is 121 cm³/mol. The van der Waals surface area contributed by atoms with Crippen molar-refractivity contribution >= 4 is 27.5 Å². The van der Waals surface area contributed by atoms with E-state index in [1.165, 1.54) is 11.1 Å². The first-order valence-electron chi connectivity index (χ1n) is 10.7. The van der Waals surface area contributed by atoms with E-state index >= 15 is 0 Å². The Morgan fingerprint density at radius 2 is 1.68 bits per heavy atom. The zero-order valence-electron chi connectivity index (χ0n) is 18.5. The number of nitrogens with zero attached hydrogens (tertiary/aromatic N) is 1. The van der Waals surface area contributed by atoms with Gasteiger partial charge in [0.05, 0.1) is 27.4 Å². The number of nitrogens with one attached hydrogen (secondary N) is 1. The Kier molecular flexibility index (Phi) is 4.89. The van der Waals surface area contributed by atoms with Crippen molar-refractivity contribution in [1.29, 1.82) is 0 Å². The number of methoxy groups -OCH3 is 3. The predicted octanol–water partition coefficient (Wildman–Crippen LogP) is 4.17. The summed E-state index contributed by atoms with van der Waals surface area (Å²) in [5.74, 6) is 2.21. The van der Waals surface area contributed by atoms with E-state index in [4.69, 9.17) is 14.2 Å². The third kappa shape index (κ3) is 3.08. The zero-order valence-corrected chi connectivity index (χ0v) is 18.5. The summed E-state index contributed by atoms with van der Waals surface area (Å²) in [6.07, 6.45) is 2.24. The first kappa shape index (κ1) is 19.9. The minimum absolute atomic E-state index is 0.00114. The molecule has 31 heavy (non-hydrogen) atoms. The Hall–Kier alpha value is -2.99. The molecule has 0 spiro atoms. The highest BCUT2D eigenvalue weighted by molar-refractivity contribution is 6.12. The van der Waals surface area contributed by atoms with Crippen LogP contribution in [0.3, 0.4) is 0 Å². The number of fused-ring (bicyclic) bond motifs is 7. The molecule has 0 aliphatic carbocycles. The van der Waals surface area contributed by atoms with Crippen LogP contribution in [0.1, 0.15) is 36.9 Å². The van der Waals surface area contributed by atoms with E-state index in [1.807, 2.05) is 6.07 Å². The summed E-state index contributed by atoms with van der Waals surface area (Å²) < 4.78 is 16.8. The fraction of sp³-hybridized carbons (Fsp3) is 0.400. The number of hydrogen-bond acceptors (Lipinski definition) is 5. The van der Waals surface area contributed by atoms with E-state index in [2.05, 4.69) is 34.5 Å². The summed E-state index contributed by atoms with van der Waals surface area (Å²) in [5.41, 5.74) is 2.47. The molecule has 2 atom stereocenters. The van der Waals surface area contributed by atoms with Crippen molar-refractivity contribution in [3.05, 3.63) is 41.5 Å². The molecule has 162 valence electrons. The van der Waals surface area contributed by atoms with Gasteiger partial charge in [0.15, 0.2) is 11.5 Å². The fourth-order valence-electron chi connectivity index (χ4n) is 5.50. The number of hydrogen-bond donors (Lipinski definition) is 1. The number of carbonyl (C=O) groups excluding carboxylic acids is 1. The molecule has 0 radical (unpaired) electrons. The Morgan fingerprint density at radius 1 is 0.968 bits per heavy atom. The number of rotatable bonds is 4. The van der Waals surface area contributed by atoms with Gasteiger partial charge < -0.3 is 19.5 Å². The van der Waals surface area contributed by atoms with Crippen LogP contribution in [-0.2, 0) is 11.3 Å². The van der Waals surface area contributed by atoms with E-state index in [9.17, 15) is 4.79 Å². The lowest BCUT2D eigenvalue weighted by molar-refractivity contribution is -0.120. The summed E-state index contributed by atoms with van der Waals surface area (Å²) in [4.78, 5) is 14.7. The smallest absolute Gasteiger partial charge is 0.217 e. The zero-order chi connectivity index (χ0) is 21.7. The van der Waals surface area contributed by atoms with Crippen molar-refractivity contribution < 1.29 is 19.0 Å². The number of benzene rings is 3. The molecule has 2 aliphatic rings. The Balaban J connectivity index is 1.90. The quantitative estimate of drug-likeness (QED) is 0.642. The van der Waals surface area contributed by atoms with Crippen LogP contribution < -0.4 is 19.5 Å². The van der Waals surface area contributed by atoms with Gasteiger partial charge in [-0.2, -0.15) is 0 Å². The minimum atomic E-state index is -0.0443. The molecule has 2 heterocycles. The van der Waals surface area contributed by atoms with E-state index < -0.39 is 0 Å². The highest BCUT2D eigenvalue weighted by Crippen LogP contribution is 2.47. The third-order valence-electron chi connectivity index (χ3n) is 6.81. The van der Waals surface area contributed by atoms with Gasteiger partial charge in [-0.05, 0) is 76.3 Å². The SMILES string of the molecule is COc1ccc2c3c(c4cc(OC)c(OC)cc4c2c1)CN1CCC[C@H]1[C@H]3NC(C)=O. The van der Waals surface area contributed by atoms with Crippen LogP contribution in [-0.4, -0.2) is 44.7 Å². The molecule has 2 aliphatic heterocycles. The van der Waals surface area contributed by atoms with Crippen LogP contribution in [0.15, 0.2) is 30.3 Å². The molecule has 1 N–H and O–H groups in total. The molecule has 0 saturated carbocycles. The largest absolute Gasteiger partial charge is 0.497 e. The average Bonchev–Trinajstić information content (AvgIpc) is 3.26. The summed E-state index contributed by atoms with van der Waals surface area (Å²) in [6.45, 7) is 3.52. The lowest BCUT2D eigenvalue weighted by atomic mass is 9.82. The van der Waals surface area contributed by atoms with Crippen molar-refractivity contribution in [3.8, 4) is 17.2 Å². The maximum atomic E-state index is 12.2. The molecule has 6 heteroatoms. The molecule has 0 aromatic heterocycles. The topological polar surface area (TPSA) is 60.0 Å². The second-order valence-electron chi connectivity index (χ2n) is 8.41. The van der Waals surface area contributed by atoms with Crippen LogP contribution in [0.4, 0.5) is 0 Å². The van der Waals surface area contributed by atoms with Crippen LogP contribution in [0.2, 0.25) is 0 Å². The summed E-state index contributed by atoms with van der Waals surface area (Å²) >= 11 is 0. The standard InChI is InChI=1S/C25H28N2O4/c1-14(28)26-25-21-6-5-9-27(21)13-20-19-12-23(31-4)22(30-3)11-18(19)17-10-15(29-2)7-8-16(17)24(20)25/h7-8,10-12,21,25H,5-6,9,13H2,1-4H3,(H,26,28)/t21-,25+/m0/s1. The molecular formula is C25H28N2O4. The fourth-order valence-corrected chi connectivity index (χ4v) is 5.50. The van der Waals surface area contributed by atoms with Gasteiger partial charge in [0.25, 0.3) is 0 Å². The van der Waals surface area contributed by atoms with Gasteiger partial charge in [-0.1, -0.05) is 6.07 Å². The second-order valence-corrected chi connectivity index (χ2v) is 8.41. The lowest BCUT2D eigenvalue weighted by Gasteiger charge is -2.40. The third-order valence-corrected chi connectivity index (χ3v) is 6.81. The molecule has 0 unspecified atom stereocenters. The van der Waals surface area contributed by atoms with Gasteiger partial charge in [0, 0.05) is 19.5 Å². The minimum Gasteiger partial charge on any atom is -0.497 e. The van der Waals surface area contributed by atoms with E-state index in [1.54, 1.807) is 28.3 Å². The Morgan fingerprint density at radius 3 is 2.35 bits per heavy atom. The van der Waals surface area contributed by atoms with Crippen LogP contribution in [0.5, 0.6) is 17.2 Å². The van der Waals surface area contributed by atoms with Crippen LogP contribution >= 0.6 is 0 Å². The number of carbonyl (C=O) groups is 1. The summed E-state index contributed by atoms with van der Waals surface area (Å²) in [6, 6.07) is 10.6. The van der Waals surface area contributed by atoms with Gasteiger partial charge in [-0.15, -0.1) is 0 Å². The summed E-state index contributed by atoms with van der Waals surface area (Å²) in [5, 5.41) is 7.76. The molecule has 0 bridgehead atoms. The molecule has 1 fully saturated rings. The molecule has 3 aromatic rings. The maximum absolute atomic E-state index is 12.2. The van der Waals surface area contributed by atoms with Gasteiger partial charge in [0.2, 0.25) is 5.91 Å². The lowest BCUT2D eigenvalue weighted by Crippen LogP contribution is -2.46. The molecule has 1 amide bonds. The van der Waals surface area contributed by atoms with Crippen LogP contribution in [0.25, 0.3) is 21.5 Å². The van der Waals surface area contributed by atoms with Gasteiger partial charge in [-0.3, -0.25) is 9.69 Å². The Bertz CT molecular complexity index is 1190. The van der Waals surface area contributed by atoms with Gasteiger partial charge in [0.1, 0.15) is 5.75 Å². The van der Waals surface area contributed by atoms with E-state index in [0.29, 0.717) is 17.5 Å². The highest BCUT2D eigenvalue weighted by atomic mass is 16.5. The molecule has 1 saturated heterocycles. The average molecular weight is 421 g/mol. The van der Waals surface area contributed by atoms with E-state index in [0.717, 1.165) is 53.2 Å². The van der Waals surface area contributed by atoms with E-state index in [-0.39, 0.29) is 11.9 Å². The molecule has 5 rings (SSSR count). The molecule has 6 nitrogen and oxygen atoms in total. The second kappa shape index (κ2) is 7.61. The normalized spacial score (nSPS) is 20.4. The molecule has 3 aromatic carbocycles. The molecular weight excluding hydrogens is 392 g/mol. The van der Waals surface area contributed by atoms with Crippen molar-refractivity contribution in [1.82, 2.24) is 10.2 Å². The van der Waals surface area contributed by atoms with Gasteiger partial charge in [-0.25, -0.2) is 0 Å². The number of amides is 1. The number of ether oxygens (including phenoxy) is 3. The van der Waals surface area contributed by atoms with Crippen molar-refractivity contribution in [3.63, 3.8) is 0 Å². The van der Waals surface area contributed by atoms with Crippen molar-refractivity contribution in [2.75, 3.05) is 27.9 Å². The summed E-state index contributed by atoms with van der Waals surface area (Å²) in [7, 11) is 5.01. The maximum Gasteiger partial charge on any atom is 0.217 e. The first-order valence-corrected chi connectivity index (χ1v) is 10.7. The highest BCUT2D eigenvalue weighted by Gasteiger charge is 2.40. The first-order chi connectivity index (χ1) is 15.0. The van der Waals surface area contributed by atoms with Crippen LogP contribution in [0, 0.1) is 0 Å². The monoisotopic (exact) mass is 420 g/mol. The van der Waals surface area contributed by atoms with Crippen molar-refractivity contribution in [2.24, 2.45) is 0 Å².